The molecule has 0 bridgehead atoms. The average Bonchev–Trinajstić information content (AvgIpc) is 2.78. The molecule has 4 heteroatoms. The first-order valence-corrected chi connectivity index (χ1v) is 8.87. The number of nitrogens with zero attached hydrogens (tertiary/aromatic N) is 1. The van der Waals surface area contributed by atoms with Crippen LogP contribution in [0.25, 0.3) is 0 Å². The van der Waals surface area contributed by atoms with Crippen molar-refractivity contribution in [1.29, 1.82) is 0 Å². The van der Waals surface area contributed by atoms with Gasteiger partial charge in [0.2, 0.25) is 0 Å². The highest BCUT2D eigenvalue weighted by Crippen LogP contribution is 2.43. The maximum atomic E-state index is 12.2. The van der Waals surface area contributed by atoms with Crippen molar-refractivity contribution in [1.82, 2.24) is 4.90 Å². The lowest BCUT2D eigenvalue weighted by Gasteiger charge is -2.33. The summed E-state index contributed by atoms with van der Waals surface area (Å²) in [7, 11) is 0. The van der Waals surface area contributed by atoms with E-state index in [1.165, 1.54) is 22.3 Å². The zero-order valence-electron chi connectivity index (χ0n) is 14.5. The molecule has 3 rings (SSSR count). The number of carboxylic acids is 1. The van der Waals surface area contributed by atoms with Gasteiger partial charge in [0.15, 0.2) is 0 Å². The Bertz CT molecular complexity index is 807. The summed E-state index contributed by atoms with van der Waals surface area (Å²) in [5.41, 5.74) is 5.84. The molecule has 0 radical (unpaired) electrons. The third-order valence-electron chi connectivity index (χ3n) is 5.23. The van der Waals surface area contributed by atoms with Crippen molar-refractivity contribution in [3.05, 3.63) is 68.2 Å². The van der Waals surface area contributed by atoms with Crippen LogP contribution >= 0.6 is 15.9 Å². The van der Waals surface area contributed by atoms with Crippen molar-refractivity contribution < 1.29 is 9.90 Å². The number of carboxylic acid groups (broad SMARTS) is 1. The number of fused-ring (bicyclic) bond motifs is 1. The van der Waals surface area contributed by atoms with Crippen LogP contribution in [-0.4, -0.2) is 16.0 Å². The highest BCUT2D eigenvalue weighted by molar-refractivity contribution is 9.10. The van der Waals surface area contributed by atoms with E-state index in [0.717, 1.165) is 15.6 Å². The van der Waals surface area contributed by atoms with E-state index in [-0.39, 0.29) is 0 Å². The first-order chi connectivity index (χ1) is 11.2. The molecule has 1 unspecified atom stereocenters. The molecule has 2 aromatic carbocycles. The number of aryl methyl sites for hydroxylation is 3. The fraction of sp³-hybridized carbons (Fsp3) is 0.350. The number of hydrogen-bond donors (Lipinski definition) is 1. The monoisotopic (exact) mass is 387 g/mol. The highest BCUT2D eigenvalue weighted by atomic mass is 79.9. The summed E-state index contributed by atoms with van der Waals surface area (Å²) in [5, 5.41) is 9.98. The van der Waals surface area contributed by atoms with Gasteiger partial charge < -0.3 is 5.11 Å². The van der Waals surface area contributed by atoms with Crippen molar-refractivity contribution in [2.24, 2.45) is 0 Å². The molecule has 2 aromatic rings. The molecule has 0 saturated carbocycles. The number of carbonyl (C=O) groups is 1. The van der Waals surface area contributed by atoms with E-state index >= 15 is 0 Å². The summed E-state index contributed by atoms with van der Waals surface area (Å²) in [6, 6.07) is 10.2. The predicted molar refractivity (Wildman–Crippen MR) is 99.0 cm³/mol. The maximum Gasteiger partial charge on any atom is 0.328 e. The number of hydrogen-bond acceptors (Lipinski definition) is 2. The van der Waals surface area contributed by atoms with Gasteiger partial charge in [-0.05, 0) is 61.6 Å². The lowest BCUT2D eigenvalue weighted by atomic mass is 9.91. The molecular formula is C20H22BrNO2. The molecule has 0 saturated heterocycles. The van der Waals surface area contributed by atoms with Crippen LogP contribution in [0.1, 0.15) is 40.3 Å². The van der Waals surface area contributed by atoms with E-state index in [2.05, 4.69) is 53.7 Å². The van der Waals surface area contributed by atoms with Crippen molar-refractivity contribution in [2.45, 2.75) is 46.3 Å². The third-order valence-corrected chi connectivity index (χ3v) is 5.97. The van der Waals surface area contributed by atoms with Gasteiger partial charge in [0, 0.05) is 17.6 Å². The molecule has 1 aliphatic rings. The average molecular weight is 388 g/mol. The van der Waals surface area contributed by atoms with Crippen LogP contribution < -0.4 is 0 Å². The lowest BCUT2D eigenvalue weighted by molar-refractivity contribution is -0.151. The molecule has 24 heavy (non-hydrogen) atoms. The maximum absolute atomic E-state index is 12.2. The van der Waals surface area contributed by atoms with Gasteiger partial charge in [-0.25, -0.2) is 4.79 Å². The molecule has 1 aliphatic heterocycles. The predicted octanol–water partition coefficient (Wildman–Crippen LogP) is 4.69. The first kappa shape index (κ1) is 17.2. The Morgan fingerprint density at radius 2 is 1.88 bits per heavy atom. The summed E-state index contributed by atoms with van der Waals surface area (Å²) in [6.07, 6.45) is 0. The van der Waals surface area contributed by atoms with Gasteiger partial charge in [0.1, 0.15) is 5.54 Å². The van der Waals surface area contributed by atoms with Crippen molar-refractivity contribution in [3.8, 4) is 0 Å². The first-order valence-electron chi connectivity index (χ1n) is 8.08. The Kier molecular flexibility index (Phi) is 4.30. The smallest absolute Gasteiger partial charge is 0.328 e. The normalized spacial score (nSPS) is 20.2. The lowest BCUT2D eigenvalue weighted by Crippen LogP contribution is -2.44. The molecule has 0 aromatic heterocycles. The largest absolute Gasteiger partial charge is 0.480 e. The van der Waals surface area contributed by atoms with Crippen molar-refractivity contribution in [3.63, 3.8) is 0 Å². The SMILES string of the molecule is Cc1cc(C)c(CN2Cc3c(Br)cccc3C2(C)C(=O)O)c(C)c1. The molecule has 0 spiro atoms. The highest BCUT2D eigenvalue weighted by Gasteiger charge is 2.48. The van der Waals surface area contributed by atoms with Crippen LogP contribution in [0.4, 0.5) is 0 Å². The Balaban J connectivity index is 2.07. The zero-order chi connectivity index (χ0) is 17.6. The molecule has 1 heterocycles. The van der Waals surface area contributed by atoms with E-state index in [0.29, 0.717) is 13.1 Å². The summed E-state index contributed by atoms with van der Waals surface area (Å²) >= 11 is 3.58. The number of benzene rings is 2. The summed E-state index contributed by atoms with van der Waals surface area (Å²) in [6.45, 7) is 9.37. The topological polar surface area (TPSA) is 40.5 Å². The number of rotatable bonds is 3. The molecule has 1 atom stereocenters. The van der Waals surface area contributed by atoms with Gasteiger partial charge in [-0.1, -0.05) is 45.8 Å². The minimum absolute atomic E-state index is 0.627. The van der Waals surface area contributed by atoms with Crippen LogP contribution in [0, 0.1) is 20.8 Å². The van der Waals surface area contributed by atoms with E-state index in [1.54, 1.807) is 0 Å². The Hall–Kier alpha value is -1.65. The fourth-order valence-electron chi connectivity index (χ4n) is 3.81. The van der Waals surface area contributed by atoms with E-state index < -0.39 is 11.5 Å². The molecule has 126 valence electrons. The van der Waals surface area contributed by atoms with E-state index in [9.17, 15) is 9.90 Å². The van der Waals surface area contributed by atoms with Gasteiger partial charge in [-0.2, -0.15) is 0 Å². The van der Waals surface area contributed by atoms with Gasteiger partial charge in [0.05, 0.1) is 0 Å². The van der Waals surface area contributed by atoms with Crippen LogP contribution in [-0.2, 0) is 23.4 Å². The Labute approximate surface area is 151 Å². The summed E-state index contributed by atoms with van der Waals surface area (Å²) in [4.78, 5) is 14.2. The zero-order valence-corrected chi connectivity index (χ0v) is 16.1. The molecule has 3 nitrogen and oxygen atoms in total. The van der Waals surface area contributed by atoms with Crippen LogP contribution in [0.15, 0.2) is 34.8 Å². The minimum Gasteiger partial charge on any atom is -0.480 e. The van der Waals surface area contributed by atoms with E-state index in [4.69, 9.17) is 0 Å². The number of halogens is 1. The Morgan fingerprint density at radius 3 is 2.46 bits per heavy atom. The van der Waals surface area contributed by atoms with Crippen LogP contribution in [0.3, 0.4) is 0 Å². The second-order valence-corrected chi connectivity index (χ2v) is 7.73. The second kappa shape index (κ2) is 6.01. The Morgan fingerprint density at radius 1 is 1.25 bits per heavy atom. The van der Waals surface area contributed by atoms with Gasteiger partial charge in [-0.3, -0.25) is 4.90 Å². The van der Waals surface area contributed by atoms with Crippen LogP contribution in [0.5, 0.6) is 0 Å². The second-order valence-electron chi connectivity index (χ2n) is 6.88. The standard InChI is InChI=1S/C20H22BrNO2/c1-12-8-13(2)15(14(3)9-12)10-22-11-16-17(6-5-7-18(16)21)20(22,4)19(23)24/h5-9H,10-11H2,1-4H3,(H,23,24). The van der Waals surface area contributed by atoms with Gasteiger partial charge in [-0.15, -0.1) is 0 Å². The van der Waals surface area contributed by atoms with E-state index in [1.807, 2.05) is 25.1 Å². The number of aliphatic carboxylic acids is 1. The molecule has 0 amide bonds. The quantitative estimate of drug-likeness (QED) is 0.830. The fourth-order valence-corrected chi connectivity index (χ4v) is 4.30. The molecule has 0 aliphatic carbocycles. The minimum atomic E-state index is -1.01. The van der Waals surface area contributed by atoms with Crippen molar-refractivity contribution in [2.75, 3.05) is 0 Å². The summed E-state index contributed by atoms with van der Waals surface area (Å²) < 4.78 is 0.979. The third kappa shape index (κ3) is 2.58. The van der Waals surface area contributed by atoms with Gasteiger partial charge >= 0.3 is 5.97 Å². The molecular weight excluding hydrogens is 366 g/mol. The molecule has 1 N–H and O–H groups in total. The van der Waals surface area contributed by atoms with Gasteiger partial charge in [0.25, 0.3) is 0 Å². The summed E-state index contributed by atoms with van der Waals surface area (Å²) in [5.74, 6) is -0.804. The van der Waals surface area contributed by atoms with Crippen LogP contribution in [0.2, 0.25) is 0 Å². The van der Waals surface area contributed by atoms with Crippen molar-refractivity contribution >= 4 is 21.9 Å². The molecule has 0 fully saturated rings.